The van der Waals surface area contributed by atoms with E-state index >= 15 is 0 Å². The predicted octanol–water partition coefficient (Wildman–Crippen LogP) is 3.87. The Balaban J connectivity index is 1.96. The average molecular weight is 330 g/mol. The van der Waals surface area contributed by atoms with Crippen molar-refractivity contribution >= 4 is 28.8 Å². The highest BCUT2D eigenvalue weighted by Crippen LogP contribution is 2.27. The first-order valence-electron chi connectivity index (χ1n) is 7.10. The molecule has 0 fully saturated rings. The molecule has 6 heteroatoms. The van der Waals surface area contributed by atoms with Gasteiger partial charge in [-0.15, -0.1) is 0 Å². The number of fused-ring (bicyclic) bond motifs is 1. The van der Waals surface area contributed by atoms with Crippen molar-refractivity contribution in [1.29, 1.82) is 0 Å². The van der Waals surface area contributed by atoms with Gasteiger partial charge in [0.1, 0.15) is 17.1 Å². The Labute approximate surface area is 138 Å². The zero-order valence-electron chi connectivity index (χ0n) is 13.1. The number of rotatable bonds is 3. The van der Waals surface area contributed by atoms with Gasteiger partial charge in [-0.1, -0.05) is 17.7 Å². The number of hydrogen-bond acceptors (Lipinski definition) is 3. The van der Waals surface area contributed by atoms with Gasteiger partial charge in [0, 0.05) is 11.9 Å². The number of benzene rings is 1. The van der Waals surface area contributed by atoms with E-state index in [1.165, 1.54) is 0 Å². The smallest absolute Gasteiger partial charge is 0.274 e. The number of nitrogens with zero attached hydrogens (tertiary/aromatic N) is 2. The number of carbonyl (C=O) groups is 1. The second kappa shape index (κ2) is 5.93. The minimum Gasteiger partial charge on any atom is -0.495 e. The topological polar surface area (TPSA) is 55.6 Å². The number of nitrogens with one attached hydrogen (secondary N) is 1. The minimum absolute atomic E-state index is 0.234. The highest BCUT2D eigenvalue weighted by Gasteiger charge is 2.17. The number of anilines is 1. The van der Waals surface area contributed by atoms with E-state index in [1.54, 1.807) is 29.7 Å². The molecule has 2 aromatic heterocycles. The Kier molecular flexibility index (Phi) is 3.96. The Morgan fingerprint density at radius 2 is 2.04 bits per heavy atom. The number of halogens is 1. The van der Waals surface area contributed by atoms with Crippen LogP contribution in [0.25, 0.3) is 5.65 Å². The summed E-state index contributed by atoms with van der Waals surface area (Å²) in [6.45, 7) is 3.79. The summed E-state index contributed by atoms with van der Waals surface area (Å²) in [5.74, 6) is 0.327. The number of ether oxygens (including phenoxy) is 1. The summed E-state index contributed by atoms with van der Waals surface area (Å²) in [4.78, 5) is 17.1. The first-order valence-corrected chi connectivity index (χ1v) is 7.47. The Morgan fingerprint density at radius 1 is 1.26 bits per heavy atom. The lowest BCUT2D eigenvalue weighted by molar-refractivity contribution is 0.102. The van der Waals surface area contributed by atoms with Gasteiger partial charge in [-0.25, -0.2) is 4.98 Å². The largest absolute Gasteiger partial charge is 0.495 e. The summed E-state index contributed by atoms with van der Waals surface area (Å²) in [6.07, 6.45) is 1.89. The average Bonchev–Trinajstić information content (AvgIpc) is 2.82. The third-order valence-electron chi connectivity index (χ3n) is 3.57. The molecule has 0 atom stereocenters. The van der Waals surface area contributed by atoms with Crippen LogP contribution in [0.1, 0.15) is 21.7 Å². The fourth-order valence-electron chi connectivity index (χ4n) is 2.48. The first kappa shape index (κ1) is 15.4. The number of carbonyl (C=O) groups excluding carboxylic acids is 1. The second-order valence-electron chi connectivity index (χ2n) is 5.28. The molecule has 0 aliphatic carbocycles. The Hall–Kier alpha value is -2.53. The maximum Gasteiger partial charge on any atom is 0.274 e. The summed E-state index contributed by atoms with van der Waals surface area (Å²) >= 11 is 6.09. The molecule has 3 rings (SSSR count). The standard InChI is InChI=1S/C17H16ClN3O2/c1-10-4-7-15-19-11(2)16(21(15)9-10)17(22)20-12-5-6-14(23-3)13(18)8-12/h4-9H,1-3H3,(H,20,22). The number of aromatic nitrogens is 2. The minimum atomic E-state index is -0.234. The molecule has 1 N–H and O–H groups in total. The fourth-order valence-corrected chi connectivity index (χ4v) is 2.73. The lowest BCUT2D eigenvalue weighted by atomic mass is 10.2. The Bertz CT molecular complexity index is 902. The van der Waals surface area contributed by atoms with Crippen molar-refractivity contribution in [3.63, 3.8) is 0 Å². The quantitative estimate of drug-likeness (QED) is 0.793. The van der Waals surface area contributed by atoms with Crippen LogP contribution >= 0.6 is 11.6 Å². The van der Waals surface area contributed by atoms with Gasteiger partial charge in [-0.05, 0) is 43.7 Å². The van der Waals surface area contributed by atoms with Crippen LogP contribution in [0.4, 0.5) is 5.69 Å². The molecule has 23 heavy (non-hydrogen) atoms. The van der Waals surface area contributed by atoms with Crippen LogP contribution in [0.5, 0.6) is 5.75 Å². The van der Waals surface area contributed by atoms with Crippen molar-refractivity contribution in [2.45, 2.75) is 13.8 Å². The zero-order chi connectivity index (χ0) is 16.6. The molecular formula is C17H16ClN3O2. The number of imidazole rings is 1. The van der Waals surface area contributed by atoms with Crippen LogP contribution in [0.3, 0.4) is 0 Å². The Morgan fingerprint density at radius 3 is 2.74 bits per heavy atom. The van der Waals surface area contributed by atoms with Crippen LogP contribution in [0, 0.1) is 13.8 Å². The van der Waals surface area contributed by atoms with Crippen molar-refractivity contribution in [2.75, 3.05) is 12.4 Å². The normalized spacial score (nSPS) is 10.8. The van der Waals surface area contributed by atoms with Crippen molar-refractivity contribution in [2.24, 2.45) is 0 Å². The molecule has 0 radical (unpaired) electrons. The number of methoxy groups -OCH3 is 1. The molecule has 1 amide bonds. The summed E-state index contributed by atoms with van der Waals surface area (Å²) in [6, 6.07) is 8.97. The van der Waals surface area contributed by atoms with Crippen LogP contribution in [0.15, 0.2) is 36.5 Å². The van der Waals surface area contributed by atoms with Gasteiger partial charge in [-0.3, -0.25) is 9.20 Å². The summed E-state index contributed by atoms with van der Waals surface area (Å²) in [5.41, 5.74) is 3.58. The fraction of sp³-hybridized carbons (Fsp3) is 0.176. The van der Waals surface area contributed by atoms with Crippen LogP contribution < -0.4 is 10.1 Å². The number of pyridine rings is 1. The van der Waals surface area contributed by atoms with Crippen LogP contribution in [0.2, 0.25) is 5.02 Å². The second-order valence-corrected chi connectivity index (χ2v) is 5.69. The van der Waals surface area contributed by atoms with Gasteiger partial charge in [0.05, 0.1) is 17.8 Å². The highest BCUT2D eigenvalue weighted by atomic mass is 35.5. The van der Waals surface area contributed by atoms with Crippen LogP contribution in [-0.2, 0) is 0 Å². The molecule has 0 saturated heterocycles. The molecule has 2 heterocycles. The molecule has 0 unspecified atom stereocenters. The number of hydrogen-bond donors (Lipinski definition) is 1. The maximum absolute atomic E-state index is 12.6. The van der Waals surface area contributed by atoms with Crippen LogP contribution in [-0.4, -0.2) is 22.4 Å². The third kappa shape index (κ3) is 2.87. The molecule has 0 bridgehead atoms. The molecule has 3 aromatic rings. The van der Waals surface area contributed by atoms with Gasteiger partial charge in [0.2, 0.25) is 0 Å². The van der Waals surface area contributed by atoms with E-state index in [4.69, 9.17) is 16.3 Å². The summed E-state index contributed by atoms with van der Waals surface area (Å²) in [7, 11) is 1.55. The van der Waals surface area contributed by atoms with E-state index in [1.807, 2.05) is 32.2 Å². The molecule has 0 aliphatic rings. The van der Waals surface area contributed by atoms with Gasteiger partial charge >= 0.3 is 0 Å². The van der Waals surface area contributed by atoms with Gasteiger partial charge in [-0.2, -0.15) is 0 Å². The van der Waals surface area contributed by atoms with E-state index in [9.17, 15) is 4.79 Å². The van der Waals surface area contributed by atoms with Crippen molar-refractivity contribution in [3.8, 4) is 5.75 Å². The van der Waals surface area contributed by atoms with E-state index in [0.717, 1.165) is 11.2 Å². The van der Waals surface area contributed by atoms with Gasteiger partial charge < -0.3 is 10.1 Å². The van der Waals surface area contributed by atoms with Crippen molar-refractivity contribution < 1.29 is 9.53 Å². The van der Waals surface area contributed by atoms with Gasteiger partial charge in [0.25, 0.3) is 5.91 Å². The number of amides is 1. The van der Waals surface area contributed by atoms with E-state index in [0.29, 0.717) is 27.8 Å². The van der Waals surface area contributed by atoms with E-state index < -0.39 is 0 Å². The molecule has 118 valence electrons. The van der Waals surface area contributed by atoms with E-state index in [-0.39, 0.29) is 5.91 Å². The molecule has 0 saturated carbocycles. The highest BCUT2D eigenvalue weighted by molar-refractivity contribution is 6.32. The maximum atomic E-state index is 12.6. The summed E-state index contributed by atoms with van der Waals surface area (Å²) < 4.78 is 6.91. The molecule has 1 aromatic carbocycles. The van der Waals surface area contributed by atoms with Crippen molar-refractivity contribution in [1.82, 2.24) is 9.38 Å². The predicted molar refractivity (Wildman–Crippen MR) is 90.6 cm³/mol. The SMILES string of the molecule is COc1ccc(NC(=O)c2c(C)nc3ccc(C)cn23)cc1Cl. The molecule has 0 aliphatic heterocycles. The first-order chi connectivity index (χ1) is 11.0. The zero-order valence-corrected chi connectivity index (χ0v) is 13.8. The van der Waals surface area contributed by atoms with Gasteiger partial charge in [0.15, 0.2) is 0 Å². The lowest BCUT2D eigenvalue weighted by Crippen LogP contribution is -2.15. The lowest BCUT2D eigenvalue weighted by Gasteiger charge is -2.09. The monoisotopic (exact) mass is 329 g/mol. The van der Waals surface area contributed by atoms with E-state index in [2.05, 4.69) is 10.3 Å². The number of aryl methyl sites for hydroxylation is 2. The molecule has 5 nitrogen and oxygen atoms in total. The molecule has 0 spiro atoms. The van der Waals surface area contributed by atoms with Crippen molar-refractivity contribution in [3.05, 3.63) is 58.5 Å². The third-order valence-corrected chi connectivity index (χ3v) is 3.86. The molecular weight excluding hydrogens is 314 g/mol. The summed E-state index contributed by atoms with van der Waals surface area (Å²) in [5, 5.41) is 3.29.